The maximum Gasteiger partial charge on any atom is 0.240 e. The number of carbonyl (C=O) groups excluding carboxylic acids is 1. The molecule has 0 spiro atoms. The van der Waals surface area contributed by atoms with Crippen LogP contribution in [-0.4, -0.2) is 47.5 Å². The number of aromatic nitrogens is 1. The minimum Gasteiger partial charge on any atom is -0.350 e. The van der Waals surface area contributed by atoms with Gasteiger partial charge in [0.2, 0.25) is 5.91 Å². The third-order valence-electron chi connectivity index (χ3n) is 3.72. The molecule has 0 atom stereocenters. The molecule has 1 aromatic heterocycles. The lowest BCUT2D eigenvalue weighted by Gasteiger charge is -2.39. The molecule has 19 heavy (non-hydrogen) atoms. The van der Waals surface area contributed by atoms with E-state index in [2.05, 4.69) is 20.5 Å². The van der Waals surface area contributed by atoms with E-state index in [9.17, 15) is 4.79 Å². The Hall–Kier alpha value is -0.980. The summed E-state index contributed by atoms with van der Waals surface area (Å²) in [6, 6.07) is 0. The topological polar surface area (TPSA) is 57.3 Å². The van der Waals surface area contributed by atoms with Crippen LogP contribution in [0.4, 0.5) is 0 Å². The highest BCUT2D eigenvalue weighted by Gasteiger charge is 2.34. The molecule has 0 aromatic carbocycles. The molecule has 1 saturated heterocycles. The summed E-state index contributed by atoms with van der Waals surface area (Å²) in [5.41, 5.74) is 2.36. The van der Waals surface area contributed by atoms with Crippen LogP contribution >= 0.6 is 11.3 Å². The Bertz CT molecular complexity index is 438. The second-order valence-electron chi connectivity index (χ2n) is 5.34. The number of carbonyl (C=O) groups is 1. The van der Waals surface area contributed by atoms with Gasteiger partial charge in [-0.1, -0.05) is 0 Å². The predicted molar refractivity (Wildman–Crippen MR) is 77.2 cm³/mol. The molecule has 1 aliphatic heterocycles. The first-order valence-electron chi connectivity index (χ1n) is 6.65. The van der Waals surface area contributed by atoms with Crippen molar-refractivity contribution >= 4 is 17.2 Å². The number of hydrogen-bond donors (Lipinski definition) is 2. The van der Waals surface area contributed by atoms with E-state index in [0.717, 1.165) is 36.8 Å². The molecule has 2 heterocycles. The van der Waals surface area contributed by atoms with Gasteiger partial charge in [-0.05, 0) is 20.8 Å². The van der Waals surface area contributed by atoms with E-state index in [1.54, 1.807) is 11.3 Å². The van der Waals surface area contributed by atoms with Gasteiger partial charge in [0, 0.05) is 31.1 Å². The number of hydrogen-bond acceptors (Lipinski definition) is 5. The summed E-state index contributed by atoms with van der Waals surface area (Å²) in [6.45, 7) is 10.3. The van der Waals surface area contributed by atoms with Crippen LogP contribution in [0.15, 0.2) is 5.51 Å². The SMILES string of the molecule is Cc1ncsc1CNC(=O)C(C)(C)N1CCNCC1. The van der Waals surface area contributed by atoms with Crippen molar-refractivity contribution in [2.45, 2.75) is 32.9 Å². The van der Waals surface area contributed by atoms with E-state index in [1.807, 2.05) is 26.3 Å². The first-order valence-corrected chi connectivity index (χ1v) is 7.53. The van der Waals surface area contributed by atoms with Crippen molar-refractivity contribution in [3.8, 4) is 0 Å². The van der Waals surface area contributed by atoms with E-state index in [-0.39, 0.29) is 5.91 Å². The highest BCUT2D eigenvalue weighted by molar-refractivity contribution is 7.09. The first kappa shape index (κ1) is 14.4. The molecular weight excluding hydrogens is 260 g/mol. The van der Waals surface area contributed by atoms with Gasteiger partial charge in [-0.25, -0.2) is 4.98 Å². The van der Waals surface area contributed by atoms with E-state index >= 15 is 0 Å². The molecule has 0 radical (unpaired) electrons. The van der Waals surface area contributed by atoms with Gasteiger partial charge in [-0.2, -0.15) is 0 Å². The summed E-state index contributed by atoms with van der Waals surface area (Å²) >= 11 is 1.59. The summed E-state index contributed by atoms with van der Waals surface area (Å²) in [4.78, 5) is 19.9. The Morgan fingerprint density at radius 2 is 2.21 bits per heavy atom. The Morgan fingerprint density at radius 1 is 1.53 bits per heavy atom. The summed E-state index contributed by atoms with van der Waals surface area (Å²) in [5.74, 6) is 0.0854. The summed E-state index contributed by atoms with van der Waals surface area (Å²) in [7, 11) is 0. The summed E-state index contributed by atoms with van der Waals surface area (Å²) in [6.07, 6.45) is 0. The van der Waals surface area contributed by atoms with Crippen LogP contribution in [0, 0.1) is 6.92 Å². The van der Waals surface area contributed by atoms with E-state index < -0.39 is 5.54 Å². The van der Waals surface area contributed by atoms with Gasteiger partial charge in [-0.3, -0.25) is 9.69 Å². The van der Waals surface area contributed by atoms with Gasteiger partial charge in [-0.15, -0.1) is 11.3 Å². The summed E-state index contributed by atoms with van der Waals surface area (Å²) in [5, 5.41) is 6.34. The van der Waals surface area contributed by atoms with Crippen LogP contribution < -0.4 is 10.6 Å². The third-order valence-corrected chi connectivity index (χ3v) is 4.65. The fraction of sp³-hybridized carbons (Fsp3) is 0.692. The fourth-order valence-corrected chi connectivity index (χ4v) is 2.96. The number of amides is 1. The highest BCUT2D eigenvalue weighted by Crippen LogP contribution is 2.17. The molecule has 1 aromatic rings. The minimum atomic E-state index is -0.458. The highest BCUT2D eigenvalue weighted by atomic mass is 32.1. The minimum absolute atomic E-state index is 0.0854. The van der Waals surface area contributed by atoms with Gasteiger partial charge in [0.25, 0.3) is 0 Å². The quantitative estimate of drug-likeness (QED) is 0.856. The molecule has 1 amide bonds. The molecular formula is C13H22N4OS. The molecule has 1 fully saturated rings. The molecule has 2 rings (SSSR count). The molecule has 5 nitrogen and oxygen atoms in total. The van der Waals surface area contributed by atoms with Crippen LogP contribution in [0.2, 0.25) is 0 Å². The van der Waals surface area contributed by atoms with Gasteiger partial charge in [0.05, 0.1) is 23.3 Å². The van der Waals surface area contributed by atoms with Gasteiger partial charge in [0.1, 0.15) is 0 Å². The van der Waals surface area contributed by atoms with Crippen LogP contribution in [0.1, 0.15) is 24.4 Å². The number of thiazole rings is 1. The van der Waals surface area contributed by atoms with E-state index in [1.165, 1.54) is 0 Å². The van der Waals surface area contributed by atoms with Crippen molar-refractivity contribution in [2.75, 3.05) is 26.2 Å². The Balaban J connectivity index is 1.92. The lowest BCUT2D eigenvalue weighted by molar-refractivity contribution is -0.132. The fourth-order valence-electron chi connectivity index (χ4n) is 2.24. The Morgan fingerprint density at radius 3 is 2.79 bits per heavy atom. The van der Waals surface area contributed by atoms with Crippen molar-refractivity contribution in [3.63, 3.8) is 0 Å². The molecule has 0 saturated carbocycles. The van der Waals surface area contributed by atoms with E-state index in [4.69, 9.17) is 0 Å². The van der Waals surface area contributed by atoms with Gasteiger partial charge < -0.3 is 10.6 Å². The van der Waals surface area contributed by atoms with Crippen molar-refractivity contribution in [1.82, 2.24) is 20.5 Å². The zero-order chi connectivity index (χ0) is 13.9. The zero-order valence-electron chi connectivity index (χ0n) is 11.8. The molecule has 0 bridgehead atoms. The van der Waals surface area contributed by atoms with E-state index in [0.29, 0.717) is 6.54 Å². The Kier molecular flexibility index (Phi) is 4.54. The van der Waals surface area contributed by atoms with Crippen molar-refractivity contribution in [1.29, 1.82) is 0 Å². The van der Waals surface area contributed by atoms with Crippen LogP contribution in [0.3, 0.4) is 0 Å². The molecule has 0 aliphatic carbocycles. The number of rotatable bonds is 4. The Labute approximate surface area is 118 Å². The average Bonchev–Trinajstić information content (AvgIpc) is 2.82. The number of nitrogens with zero attached hydrogens (tertiary/aromatic N) is 2. The van der Waals surface area contributed by atoms with Crippen LogP contribution in [-0.2, 0) is 11.3 Å². The number of aryl methyl sites for hydroxylation is 1. The average molecular weight is 282 g/mol. The molecule has 2 N–H and O–H groups in total. The first-order chi connectivity index (χ1) is 9.01. The smallest absolute Gasteiger partial charge is 0.240 e. The van der Waals surface area contributed by atoms with Gasteiger partial charge in [0.15, 0.2) is 0 Å². The second-order valence-corrected chi connectivity index (χ2v) is 6.28. The molecule has 106 valence electrons. The lowest BCUT2D eigenvalue weighted by atomic mass is 10.0. The van der Waals surface area contributed by atoms with Crippen molar-refractivity contribution in [3.05, 3.63) is 16.1 Å². The number of piperazine rings is 1. The normalized spacial score (nSPS) is 17.4. The third kappa shape index (κ3) is 3.32. The monoisotopic (exact) mass is 282 g/mol. The van der Waals surface area contributed by atoms with Crippen LogP contribution in [0.5, 0.6) is 0 Å². The van der Waals surface area contributed by atoms with Gasteiger partial charge >= 0.3 is 0 Å². The van der Waals surface area contributed by atoms with Crippen molar-refractivity contribution in [2.24, 2.45) is 0 Å². The maximum atomic E-state index is 12.4. The molecule has 1 aliphatic rings. The number of nitrogens with one attached hydrogen (secondary N) is 2. The van der Waals surface area contributed by atoms with Crippen molar-refractivity contribution < 1.29 is 4.79 Å². The predicted octanol–water partition coefficient (Wildman–Crippen LogP) is 0.752. The molecule has 6 heteroatoms. The second kappa shape index (κ2) is 5.98. The standard InChI is InChI=1S/C13H22N4OS/c1-10-11(19-9-16-10)8-15-12(18)13(2,3)17-6-4-14-5-7-17/h9,14H,4-8H2,1-3H3,(H,15,18). The lowest BCUT2D eigenvalue weighted by Crippen LogP contribution is -2.59. The largest absolute Gasteiger partial charge is 0.350 e. The summed E-state index contributed by atoms with van der Waals surface area (Å²) < 4.78 is 0. The van der Waals surface area contributed by atoms with Crippen LogP contribution in [0.25, 0.3) is 0 Å². The zero-order valence-corrected chi connectivity index (χ0v) is 12.6. The molecule has 0 unspecified atom stereocenters. The maximum absolute atomic E-state index is 12.4.